The zero-order valence-corrected chi connectivity index (χ0v) is 9.42. The van der Waals surface area contributed by atoms with Gasteiger partial charge in [0.15, 0.2) is 0 Å². The highest BCUT2D eigenvalue weighted by atomic mass is 15.0. The van der Waals surface area contributed by atoms with Crippen LogP contribution < -0.4 is 5.32 Å². The lowest BCUT2D eigenvalue weighted by Gasteiger charge is -2.40. The summed E-state index contributed by atoms with van der Waals surface area (Å²) in [5.74, 6) is 0. The fourth-order valence-corrected chi connectivity index (χ4v) is 3.54. The minimum absolute atomic E-state index is 0.530. The molecule has 1 N–H and O–H groups in total. The molecule has 3 rings (SSSR count). The molecule has 0 bridgehead atoms. The smallest absolute Gasteiger partial charge is 0.0383 e. The van der Waals surface area contributed by atoms with E-state index >= 15 is 0 Å². The Bertz CT molecular complexity index is 371. The van der Waals surface area contributed by atoms with E-state index in [9.17, 15) is 0 Å². The summed E-state index contributed by atoms with van der Waals surface area (Å²) in [6, 6.07) is 9.62. The molecule has 0 aromatic heterocycles. The Labute approximate surface area is 91.9 Å². The predicted molar refractivity (Wildman–Crippen MR) is 62.8 cm³/mol. The van der Waals surface area contributed by atoms with Crippen LogP contribution in [0.3, 0.4) is 0 Å². The van der Waals surface area contributed by atoms with Crippen molar-refractivity contribution in [3.05, 3.63) is 35.4 Å². The molecule has 15 heavy (non-hydrogen) atoms. The number of benzene rings is 1. The predicted octanol–water partition coefficient (Wildman–Crippen LogP) is 3.06. The maximum atomic E-state index is 3.73. The van der Waals surface area contributed by atoms with Gasteiger partial charge in [0, 0.05) is 6.04 Å². The summed E-state index contributed by atoms with van der Waals surface area (Å²) >= 11 is 0. The third kappa shape index (κ3) is 1.26. The van der Waals surface area contributed by atoms with Gasteiger partial charge >= 0.3 is 0 Å². The average Bonchev–Trinajstić information content (AvgIpc) is 2.64. The molecular formula is C14H19N. The summed E-state index contributed by atoms with van der Waals surface area (Å²) in [4.78, 5) is 0. The van der Waals surface area contributed by atoms with Crippen molar-refractivity contribution in [2.45, 2.75) is 38.6 Å². The second-order valence-corrected chi connectivity index (χ2v) is 5.08. The van der Waals surface area contributed by atoms with Crippen LogP contribution in [0.25, 0.3) is 0 Å². The highest BCUT2D eigenvalue weighted by molar-refractivity contribution is 5.38. The molecule has 1 saturated heterocycles. The van der Waals surface area contributed by atoms with Crippen molar-refractivity contribution in [2.75, 3.05) is 6.54 Å². The van der Waals surface area contributed by atoms with Crippen LogP contribution in [0.5, 0.6) is 0 Å². The van der Waals surface area contributed by atoms with E-state index in [1.807, 2.05) is 0 Å². The molecule has 2 atom stereocenters. The third-order valence-electron chi connectivity index (χ3n) is 4.43. The Morgan fingerprint density at radius 2 is 2.27 bits per heavy atom. The van der Waals surface area contributed by atoms with E-state index in [4.69, 9.17) is 0 Å². The van der Waals surface area contributed by atoms with E-state index in [-0.39, 0.29) is 0 Å². The number of hydrogen-bond donors (Lipinski definition) is 1. The zero-order chi connectivity index (χ0) is 10.3. The Morgan fingerprint density at radius 1 is 1.40 bits per heavy atom. The van der Waals surface area contributed by atoms with Gasteiger partial charge in [0.1, 0.15) is 0 Å². The molecular weight excluding hydrogens is 182 g/mol. The molecule has 0 spiro atoms. The molecule has 1 aliphatic carbocycles. The van der Waals surface area contributed by atoms with Crippen molar-refractivity contribution >= 4 is 0 Å². The molecule has 0 radical (unpaired) electrons. The largest absolute Gasteiger partial charge is 0.309 e. The molecule has 1 nitrogen and oxygen atoms in total. The molecule has 1 aliphatic heterocycles. The van der Waals surface area contributed by atoms with Crippen LogP contribution in [0.2, 0.25) is 0 Å². The van der Waals surface area contributed by atoms with Gasteiger partial charge < -0.3 is 5.32 Å². The van der Waals surface area contributed by atoms with Crippen LogP contribution in [-0.2, 0) is 6.42 Å². The zero-order valence-electron chi connectivity index (χ0n) is 9.42. The van der Waals surface area contributed by atoms with E-state index < -0.39 is 0 Å². The van der Waals surface area contributed by atoms with Gasteiger partial charge in [-0.25, -0.2) is 0 Å². The first-order valence-corrected chi connectivity index (χ1v) is 6.17. The first-order valence-electron chi connectivity index (χ1n) is 6.17. The minimum Gasteiger partial charge on any atom is -0.309 e. The van der Waals surface area contributed by atoms with E-state index in [1.165, 1.54) is 32.2 Å². The molecule has 2 aliphatic rings. The number of piperidine rings is 1. The highest BCUT2D eigenvalue weighted by Crippen LogP contribution is 2.52. The van der Waals surface area contributed by atoms with Gasteiger partial charge in [-0.2, -0.15) is 0 Å². The first kappa shape index (κ1) is 9.41. The maximum absolute atomic E-state index is 3.73. The second kappa shape index (κ2) is 3.34. The minimum atomic E-state index is 0.530. The summed E-state index contributed by atoms with van der Waals surface area (Å²) in [5.41, 5.74) is 3.68. The van der Waals surface area contributed by atoms with Crippen LogP contribution in [0.4, 0.5) is 0 Å². The SMILES string of the molecule is CC[C@@]12CCCN[C@@H]1c1ccccc1C2. The van der Waals surface area contributed by atoms with Gasteiger partial charge in [0.25, 0.3) is 0 Å². The summed E-state index contributed by atoms with van der Waals surface area (Å²) in [6.45, 7) is 3.55. The summed E-state index contributed by atoms with van der Waals surface area (Å²) in [6.07, 6.45) is 5.34. The van der Waals surface area contributed by atoms with Crippen LogP contribution in [0.15, 0.2) is 24.3 Å². The topological polar surface area (TPSA) is 12.0 Å². The quantitative estimate of drug-likeness (QED) is 0.736. The normalized spacial score (nSPS) is 33.5. The van der Waals surface area contributed by atoms with Crippen molar-refractivity contribution < 1.29 is 0 Å². The second-order valence-electron chi connectivity index (χ2n) is 5.08. The Kier molecular flexibility index (Phi) is 2.10. The molecule has 0 amide bonds. The van der Waals surface area contributed by atoms with Gasteiger partial charge in [0.05, 0.1) is 0 Å². The van der Waals surface area contributed by atoms with Gasteiger partial charge in [0.2, 0.25) is 0 Å². The van der Waals surface area contributed by atoms with Gasteiger partial charge in [-0.1, -0.05) is 31.2 Å². The maximum Gasteiger partial charge on any atom is 0.0383 e. The van der Waals surface area contributed by atoms with E-state index in [2.05, 4.69) is 36.5 Å². The summed E-state index contributed by atoms with van der Waals surface area (Å²) in [5, 5.41) is 3.73. The third-order valence-corrected chi connectivity index (χ3v) is 4.43. The van der Waals surface area contributed by atoms with E-state index in [0.717, 1.165) is 0 Å². The lowest BCUT2D eigenvalue weighted by Crippen LogP contribution is -2.40. The van der Waals surface area contributed by atoms with Gasteiger partial charge in [-0.3, -0.25) is 0 Å². The molecule has 1 fully saturated rings. The fraction of sp³-hybridized carbons (Fsp3) is 0.571. The van der Waals surface area contributed by atoms with Crippen molar-refractivity contribution in [1.82, 2.24) is 5.32 Å². The Morgan fingerprint density at radius 3 is 3.13 bits per heavy atom. The monoisotopic (exact) mass is 201 g/mol. The number of fused-ring (bicyclic) bond motifs is 3. The first-order chi connectivity index (χ1) is 7.36. The van der Waals surface area contributed by atoms with Gasteiger partial charge in [-0.15, -0.1) is 0 Å². The van der Waals surface area contributed by atoms with Crippen molar-refractivity contribution in [3.63, 3.8) is 0 Å². The molecule has 1 heteroatoms. The Balaban J connectivity index is 2.06. The van der Waals surface area contributed by atoms with Crippen LogP contribution in [-0.4, -0.2) is 6.54 Å². The van der Waals surface area contributed by atoms with Crippen molar-refractivity contribution in [1.29, 1.82) is 0 Å². The van der Waals surface area contributed by atoms with Crippen molar-refractivity contribution in [3.8, 4) is 0 Å². The number of rotatable bonds is 1. The van der Waals surface area contributed by atoms with Crippen LogP contribution in [0.1, 0.15) is 43.4 Å². The molecule has 0 unspecified atom stereocenters. The van der Waals surface area contributed by atoms with Crippen LogP contribution >= 0.6 is 0 Å². The average molecular weight is 201 g/mol. The molecule has 1 heterocycles. The fourth-order valence-electron chi connectivity index (χ4n) is 3.54. The van der Waals surface area contributed by atoms with Crippen molar-refractivity contribution in [2.24, 2.45) is 5.41 Å². The number of hydrogen-bond acceptors (Lipinski definition) is 1. The molecule has 1 aromatic carbocycles. The standard InChI is InChI=1S/C14H19N/c1-2-14-8-5-9-15-13(14)12-7-4-3-6-11(12)10-14/h3-4,6-7,13,15H,2,5,8-10H2,1H3/t13-,14+/m1/s1. The highest BCUT2D eigenvalue weighted by Gasteiger charge is 2.45. The van der Waals surface area contributed by atoms with E-state index in [1.54, 1.807) is 11.1 Å². The number of nitrogens with one attached hydrogen (secondary N) is 1. The summed E-state index contributed by atoms with van der Waals surface area (Å²) < 4.78 is 0. The molecule has 1 aromatic rings. The molecule has 80 valence electrons. The summed E-state index contributed by atoms with van der Waals surface area (Å²) in [7, 11) is 0. The Hall–Kier alpha value is -0.820. The lowest BCUT2D eigenvalue weighted by atomic mass is 9.72. The lowest BCUT2D eigenvalue weighted by molar-refractivity contribution is 0.146. The van der Waals surface area contributed by atoms with E-state index in [0.29, 0.717) is 11.5 Å². The molecule has 0 saturated carbocycles. The van der Waals surface area contributed by atoms with Crippen LogP contribution in [0, 0.1) is 5.41 Å². The van der Waals surface area contributed by atoms with Gasteiger partial charge in [-0.05, 0) is 48.8 Å².